The molecule has 0 fully saturated rings. The highest BCUT2D eigenvalue weighted by atomic mass is 16.6. The number of aliphatic carboxylic acids is 1. The van der Waals surface area contributed by atoms with Crippen LogP contribution in [0.15, 0.2) is 0 Å². The van der Waals surface area contributed by atoms with Gasteiger partial charge >= 0.3 is 12.1 Å². The molecule has 0 saturated heterocycles. The molecular weight excluding hydrogens is 152 g/mol. The largest absolute Gasteiger partial charge is 0.480 e. The van der Waals surface area contributed by atoms with Crippen LogP contribution in [0.1, 0.15) is 6.92 Å². The fourth-order valence-electron chi connectivity index (χ4n) is 0.457. The molecule has 1 amide bonds. The van der Waals surface area contributed by atoms with Crippen LogP contribution in [-0.4, -0.2) is 29.3 Å². The molecule has 0 aromatic carbocycles. The Hall–Kier alpha value is -1.30. The molecule has 11 heavy (non-hydrogen) atoms. The van der Waals surface area contributed by atoms with Crippen LogP contribution in [-0.2, 0) is 9.53 Å². The summed E-state index contributed by atoms with van der Waals surface area (Å²) in [7, 11) is 0. The van der Waals surface area contributed by atoms with Gasteiger partial charge in [-0.15, -0.1) is 0 Å². The first-order valence-electron chi connectivity index (χ1n) is 2.89. The summed E-state index contributed by atoms with van der Waals surface area (Å²) < 4.78 is 4.31. The number of carbonyl (C=O) groups excluding carboxylic acids is 1. The molecule has 0 unspecified atom stereocenters. The third-order valence-electron chi connectivity index (χ3n) is 1.09. The van der Waals surface area contributed by atoms with Gasteiger partial charge in [0.25, 0.3) is 0 Å². The van der Waals surface area contributed by atoms with Gasteiger partial charge in [0, 0.05) is 0 Å². The molecule has 0 aliphatic carbocycles. The standard InChI is InChI=1S/C5H10N2O4/c1-2(11-5(7)10)3(6)4(8)9/h2-3H,6H2,1H3,(H2,7,10)(H,8,9)/t2-,3-/m0/s1. The number of carbonyl (C=O) groups is 2. The van der Waals surface area contributed by atoms with Crippen molar-refractivity contribution in [1.29, 1.82) is 0 Å². The first kappa shape index (κ1) is 9.70. The van der Waals surface area contributed by atoms with Crippen molar-refractivity contribution < 1.29 is 19.4 Å². The maximum absolute atomic E-state index is 10.2. The van der Waals surface area contributed by atoms with Crippen molar-refractivity contribution in [2.75, 3.05) is 0 Å². The quantitative estimate of drug-likeness (QED) is 0.486. The van der Waals surface area contributed by atoms with Crippen LogP contribution >= 0.6 is 0 Å². The molecule has 0 radical (unpaired) electrons. The molecule has 0 aliphatic rings. The van der Waals surface area contributed by atoms with Crippen molar-refractivity contribution in [2.45, 2.75) is 19.1 Å². The summed E-state index contributed by atoms with van der Waals surface area (Å²) in [5.74, 6) is -1.24. The molecule has 0 saturated carbocycles. The van der Waals surface area contributed by atoms with E-state index in [-0.39, 0.29) is 0 Å². The Morgan fingerprint density at radius 1 is 1.55 bits per heavy atom. The maximum Gasteiger partial charge on any atom is 0.404 e. The minimum Gasteiger partial charge on any atom is -0.480 e. The van der Waals surface area contributed by atoms with Gasteiger partial charge in [-0.05, 0) is 6.92 Å². The SMILES string of the molecule is C[C@H](OC(N)=O)[C@H](N)C(=O)O. The molecule has 0 rings (SSSR count). The Morgan fingerprint density at radius 3 is 2.27 bits per heavy atom. The number of carboxylic acids is 1. The van der Waals surface area contributed by atoms with E-state index in [9.17, 15) is 9.59 Å². The summed E-state index contributed by atoms with van der Waals surface area (Å²) in [6.07, 6.45) is -1.95. The van der Waals surface area contributed by atoms with E-state index in [1.807, 2.05) is 0 Å². The van der Waals surface area contributed by atoms with E-state index in [0.29, 0.717) is 0 Å². The van der Waals surface area contributed by atoms with Crippen molar-refractivity contribution in [2.24, 2.45) is 11.5 Å². The summed E-state index contributed by atoms with van der Waals surface area (Å²) in [5, 5.41) is 8.31. The number of carboxylic acid groups (broad SMARTS) is 1. The fourth-order valence-corrected chi connectivity index (χ4v) is 0.457. The number of amides is 1. The van der Waals surface area contributed by atoms with Crippen LogP contribution in [0.3, 0.4) is 0 Å². The molecule has 64 valence electrons. The number of ether oxygens (including phenoxy) is 1. The van der Waals surface area contributed by atoms with Gasteiger partial charge in [-0.25, -0.2) is 4.79 Å². The van der Waals surface area contributed by atoms with E-state index in [1.165, 1.54) is 6.92 Å². The maximum atomic E-state index is 10.2. The minimum atomic E-state index is -1.24. The zero-order chi connectivity index (χ0) is 9.02. The Labute approximate surface area is 63.1 Å². The number of hydrogen-bond acceptors (Lipinski definition) is 4. The lowest BCUT2D eigenvalue weighted by Crippen LogP contribution is -2.43. The summed E-state index contributed by atoms with van der Waals surface area (Å²) in [6.45, 7) is 1.35. The highest BCUT2D eigenvalue weighted by Gasteiger charge is 2.22. The predicted octanol–water partition coefficient (Wildman–Crippen LogP) is -1.12. The Morgan fingerprint density at radius 2 is 2.00 bits per heavy atom. The Kier molecular flexibility index (Phi) is 3.32. The van der Waals surface area contributed by atoms with Crippen molar-refractivity contribution >= 4 is 12.1 Å². The topological polar surface area (TPSA) is 116 Å². The molecule has 6 nitrogen and oxygen atoms in total. The van der Waals surface area contributed by atoms with Crippen LogP contribution in [0.2, 0.25) is 0 Å². The lowest BCUT2D eigenvalue weighted by atomic mass is 10.2. The van der Waals surface area contributed by atoms with Gasteiger partial charge in [-0.2, -0.15) is 0 Å². The lowest BCUT2D eigenvalue weighted by molar-refractivity contribution is -0.140. The molecule has 0 aliphatic heterocycles. The van der Waals surface area contributed by atoms with E-state index >= 15 is 0 Å². The first-order valence-corrected chi connectivity index (χ1v) is 2.89. The molecule has 5 N–H and O–H groups in total. The average molecular weight is 162 g/mol. The molecule has 0 aromatic heterocycles. The van der Waals surface area contributed by atoms with Gasteiger partial charge in [0.15, 0.2) is 0 Å². The Balaban J connectivity index is 3.92. The first-order chi connectivity index (χ1) is 4.95. The van der Waals surface area contributed by atoms with E-state index in [0.717, 1.165) is 0 Å². The molecule has 2 atom stereocenters. The molecular formula is C5H10N2O4. The second kappa shape index (κ2) is 3.77. The lowest BCUT2D eigenvalue weighted by Gasteiger charge is -2.14. The molecule has 0 heterocycles. The number of primary amides is 1. The molecule has 6 heteroatoms. The predicted molar refractivity (Wildman–Crippen MR) is 35.7 cm³/mol. The van der Waals surface area contributed by atoms with Crippen LogP contribution in [0.5, 0.6) is 0 Å². The molecule has 0 spiro atoms. The van der Waals surface area contributed by atoms with Crippen LogP contribution in [0.4, 0.5) is 4.79 Å². The normalized spacial score (nSPS) is 15.1. The van der Waals surface area contributed by atoms with Gasteiger partial charge in [0.1, 0.15) is 12.1 Å². The summed E-state index contributed by atoms with van der Waals surface area (Å²) in [4.78, 5) is 20.3. The van der Waals surface area contributed by atoms with Crippen molar-refractivity contribution in [3.63, 3.8) is 0 Å². The third kappa shape index (κ3) is 3.41. The summed E-state index contributed by atoms with van der Waals surface area (Å²) >= 11 is 0. The number of nitrogens with two attached hydrogens (primary N) is 2. The number of rotatable bonds is 3. The van der Waals surface area contributed by atoms with Crippen LogP contribution < -0.4 is 11.5 Å². The van der Waals surface area contributed by atoms with Gasteiger partial charge < -0.3 is 21.3 Å². The van der Waals surface area contributed by atoms with Crippen molar-refractivity contribution in [1.82, 2.24) is 0 Å². The Bertz CT molecular complexity index is 170. The third-order valence-corrected chi connectivity index (χ3v) is 1.09. The van der Waals surface area contributed by atoms with E-state index in [2.05, 4.69) is 10.5 Å². The molecule has 0 bridgehead atoms. The number of hydrogen-bond donors (Lipinski definition) is 3. The van der Waals surface area contributed by atoms with E-state index in [4.69, 9.17) is 10.8 Å². The van der Waals surface area contributed by atoms with Crippen molar-refractivity contribution in [3.05, 3.63) is 0 Å². The second-order valence-corrected chi connectivity index (χ2v) is 2.01. The minimum absolute atomic E-state index is 0.912. The monoisotopic (exact) mass is 162 g/mol. The van der Waals surface area contributed by atoms with Gasteiger partial charge in [0.2, 0.25) is 0 Å². The van der Waals surface area contributed by atoms with Gasteiger partial charge in [0.05, 0.1) is 0 Å². The highest BCUT2D eigenvalue weighted by molar-refractivity contribution is 5.74. The zero-order valence-corrected chi connectivity index (χ0v) is 5.98. The van der Waals surface area contributed by atoms with Gasteiger partial charge in [-0.1, -0.05) is 0 Å². The van der Waals surface area contributed by atoms with Crippen molar-refractivity contribution in [3.8, 4) is 0 Å². The van der Waals surface area contributed by atoms with Crippen LogP contribution in [0, 0.1) is 0 Å². The van der Waals surface area contributed by atoms with E-state index in [1.54, 1.807) is 0 Å². The highest BCUT2D eigenvalue weighted by Crippen LogP contribution is 1.95. The smallest absolute Gasteiger partial charge is 0.404 e. The fraction of sp³-hybridized carbons (Fsp3) is 0.600. The summed E-state index contributed by atoms with van der Waals surface area (Å²) in [6, 6.07) is -1.23. The average Bonchev–Trinajstić information content (AvgIpc) is 1.84. The molecule has 0 aromatic rings. The van der Waals surface area contributed by atoms with E-state index < -0.39 is 24.2 Å². The zero-order valence-electron chi connectivity index (χ0n) is 5.98. The second-order valence-electron chi connectivity index (χ2n) is 2.01. The summed E-state index contributed by atoms with van der Waals surface area (Å²) in [5.41, 5.74) is 9.70. The van der Waals surface area contributed by atoms with Crippen LogP contribution in [0.25, 0.3) is 0 Å². The van der Waals surface area contributed by atoms with Gasteiger partial charge in [-0.3, -0.25) is 4.79 Å².